The molecule has 0 N–H and O–H groups in total. The topological polar surface area (TPSA) is 34.4 Å². The molecule has 0 amide bonds. The molecule has 0 aliphatic heterocycles. The Labute approximate surface area is 108 Å². The zero-order chi connectivity index (χ0) is 12.5. The fraction of sp³-hybridized carbons (Fsp3) is 0. The maximum absolute atomic E-state index is 11.6. The largest absolute Gasteiger partial charge is 0.299 e. The van der Waals surface area contributed by atoms with Crippen LogP contribution in [-0.2, 0) is 0 Å². The van der Waals surface area contributed by atoms with Crippen LogP contribution in [-0.4, -0.2) is 9.38 Å². The van der Waals surface area contributed by atoms with Crippen molar-refractivity contribution < 1.29 is 0 Å². The van der Waals surface area contributed by atoms with Crippen LogP contribution in [0.15, 0.2) is 59.5 Å². The molecule has 2 aromatic heterocycles. The Hall–Kier alpha value is -2.13. The quantitative estimate of drug-likeness (QED) is 0.671. The van der Waals surface area contributed by atoms with Crippen LogP contribution in [0.4, 0.5) is 0 Å². The van der Waals surface area contributed by atoms with E-state index in [4.69, 9.17) is 11.6 Å². The summed E-state index contributed by atoms with van der Waals surface area (Å²) < 4.78 is 1.82. The predicted octanol–water partition coefficient (Wildman–Crippen LogP) is 3.01. The average molecular weight is 257 g/mol. The van der Waals surface area contributed by atoms with Gasteiger partial charge in [0.05, 0.1) is 10.7 Å². The number of pyridine rings is 1. The second-order valence-electron chi connectivity index (χ2n) is 3.92. The van der Waals surface area contributed by atoms with E-state index in [0.717, 1.165) is 11.3 Å². The van der Waals surface area contributed by atoms with Crippen LogP contribution >= 0.6 is 11.6 Å². The number of halogens is 1. The Kier molecular flexibility index (Phi) is 2.61. The molecule has 0 atom stereocenters. The standard InChI is InChI=1S/C14H9ClN2O/c15-11-6-7-13-16-14(18)8-12(17(13)9-11)10-4-2-1-3-5-10/h1-9H. The van der Waals surface area contributed by atoms with E-state index in [9.17, 15) is 4.79 Å². The summed E-state index contributed by atoms with van der Waals surface area (Å²) in [5.41, 5.74) is 2.07. The van der Waals surface area contributed by atoms with Crippen molar-refractivity contribution in [1.29, 1.82) is 0 Å². The van der Waals surface area contributed by atoms with Gasteiger partial charge in [0.2, 0.25) is 0 Å². The number of benzene rings is 1. The Bertz CT molecular complexity index is 766. The minimum absolute atomic E-state index is 0.254. The van der Waals surface area contributed by atoms with Crippen molar-refractivity contribution in [3.63, 3.8) is 0 Å². The van der Waals surface area contributed by atoms with Crippen molar-refractivity contribution in [2.24, 2.45) is 0 Å². The molecular formula is C14H9ClN2O. The van der Waals surface area contributed by atoms with Crippen molar-refractivity contribution in [2.45, 2.75) is 0 Å². The molecule has 0 spiro atoms. The fourth-order valence-electron chi connectivity index (χ4n) is 1.91. The summed E-state index contributed by atoms with van der Waals surface area (Å²) in [6.07, 6.45) is 1.76. The molecule has 3 aromatic rings. The molecule has 0 bridgehead atoms. The van der Waals surface area contributed by atoms with Crippen molar-refractivity contribution in [3.8, 4) is 11.3 Å². The molecule has 3 rings (SSSR count). The second kappa shape index (κ2) is 4.27. The molecule has 0 unspecified atom stereocenters. The molecule has 1 aromatic carbocycles. The van der Waals surface area contributed by atoms with Gasteiger partial charge in [0.25, 0.3) is 5.56 Å². The molecule has 4 heteroatoms. The van der Waals surface area contributed by atoms with E-state index >= 15 is 0 Å². The third-order valence-corrected chi connectivity index (χ3v) is 2.93. The van der Waals surface area contributed by atoms with Gasteiger partial charge in [-0.2, -0.15) is 4.98 Å². The lowest BCUT2D eigenvalue weighted by molar-refractivity contribution is 1.08. The van der Waals surface area contributed by atoms with E-state index in [1.807, 2.05) is 34.7 Å². The fourth-order valence-corrected chi connectivity index (χ4v) is 2.07. The lowest BCUT2D eigenvalue weighted by Gasteiger charge is -2.08. The Balaban J connectivity index is 2.41. The first-order valence-corrected chi connectivity index (χ1v) is 5.86. The predicted molar refractivity (Wildman–Crippen MR) is 71.9 cm³/mol. The third kappa shape index (κ3) is 1.89. The number of aromatic nitrogens is 2. The molecular weight excluding hydrogens is 248 g/mol. The molecule has 2 heterocycles. The maximum atomic E-state index is 11.6. The van der Waals surface area contributed by atoms with Crippen molar-refractivity contribution in [1.82, 2.24) is 9.38 Å². The first-order valence-electron chi connectivity index (χ1n) is 5.48. The van der Waals surface area contributed by atoms with Gasteiger partial charge >= 0.3 is 0 Å². The monoisotopic (exact) mass is 256 g/mol. The summed E-state index contributed by atoms with van der Waals surface area (Å²) in [6, 6.07) is 14.6. The van der Waals surface area contributed by atoms with E-state index < -0.39 is 0 Å². The Morgan fingerprint density at radius 1 is 1.06 bits per heavy atom. The van der Waals surface area contributed by atoms with Crippen LogP contribution in [0.5, 0.6) is 0 Å². The minimum Gasteiger partial charge on any atom is -0.299 e. The lowest BCUT2D eigenvalue weighted by atomic mass is 10.1. The molecule has 0 saturated heterocycles. The first kappa shape index (κ1) is 11.0. The van der Waals surface area contributed by atoms with Crippen LogP contribution in [0.3, 0.4) is 0 Å². The van der Waals surface area contributed by atoms with Crippen molar-refractivity contribution in [2.75, 3.05) is 0 Å². The average Bonchev–Trinajstić information content (AvgIpc) is 2.39. The smallest absolute Gasteiger partial charge is 0.273 e. The van der Waals surface area contributed by atoms with E-state index in [-0.39, 0.29) is 5.56 Å². The van der Waals surface area contributed by atoms with Crippen LogP contribution in [0.25, 0.3) is 16.9 Å². The molecule has 0 aliphatic carbocycles. The van der Waals surface area contributed by atoms with Crippen molar-refractivity contribution >= 4 is 17.2 Å². The number of fused-ring (bicyclic) bond motifs is 1. The summed E-state index contributed by atoms with van der Waals surface area (Å²) in [6.45, 7) is 0. The number of nitrogens with zero attached hydrogens (tertiary/aromatic N) is 2. The zero-order valence-electron chi connectivity index (χ0n) is 9.38. The zero-order valence-corrected chi connectivity index (χ0v) is 10.1. The van der Waals surface area contributed by atoms with Gasteiger partial charge < -0.3 is 0 Å². The van der Waals surface area contributed by atoms with Gasteiger partial charge in [-0.05, 0) is 17.7 Å². The van der Waals surface area contributed by atoms with Crippen LogP contribution in [0, 0.1) is 0 Å². The summed E-state index contributed by atoms with van der Waals surface area (Å²) in [5, 5.41) is 0.602. The van der Waals surface area contributed by atoms with Gasteiger partial charge in [-0.25, -0.2) is 0 Å². The van der Waals surface area contributed by atoms with Gasteiger partial charge in [-0.3, -0.25) is 9.20 Å². The highest BCUT2D eigenvalue weighted by atomic mass is 35.5. The highest BCUT2D eigenvalue weighted by molar-refractivity contribution is 6.30. The minimum atomic E-state index is -0.254. The van der Waals surface area contributed by atoms with Gasteiger partial charge in [-0.1, -0.05) is 41.9 Å². The SMILES string of the molecule is O=c1cc(-c2ccccc2)n2cc(Cl)ccc2n1. The van der Waals surface area contributed by atoms with E-state index in [2.05, 4.69) is 4.98 Å². The van der Waals surface area contributed by atoms with Crippen molar-refractivity contribution in [3.05, 3.63) is 70.1 Å². The summed E-state index contributed by atoms with van der Waals surface area (Å²) in [4.78, 5) is 15.6. The van der Waals surface area contributed by atoms with E-state index in [1.54, 1.807) is 18.3 Å². The van der Waals surface area contributed by atoms with Crippen LogP contribution in [0.2, 0.25) is 5.02 Å². The molecule has 0 radical (unpaired) electrons. The van der Waals surface area contributed by atoms with Gasteiger partial charge in [0, 0.05) is 12.3 Å². The summed E-state index contributed by atoms with van der Waals surface area (Å²) in [5.74, 6) is 0. The molecule has 0 fully saturated rings. The van der Waals surface area contributed by atoms with Crippen LogP contribution < -0.4 is 5.56 Å². The Morgan fingerprint density at radius 2 is 1.83 bits per heavy atom. The number of hydrogen-bond acceptors (Lipinski definition) is 2. The van der Waals surface area contributed by atoms with E-state index in [1.165, 1.54) is 6.07 Å². The number of rotatable bonds is 1. The highest BCUT2D eigenvalue weighted by Crippen LogP contribution is 2.19. The molecule has 0 saturated carbocycles. The van der Waals surface area contributed by atoms with Gasteiger partial charge in [0.15, 0.2) is 0 Å². The normalized spacial score (nSPS) is 10.7. The number of hydrogen-bond donors (Lipinski definition) is 0. The summed E-state index contributed by atoms with van der Waals surface area (Å²) in [7, 11) is 0. The molecule has 0 aliphatic rings. The van der Waals surface area contributed by atoms with Gasteiger partial charge in [-0.15, -0.1) is 0 Å². The summed E-state index contributed by atoms with van der Waals surface area (Å²) >= 11 is 5.99. The van der Waals surface area contributed by atoms with Crippen LogP contribution in [0.1, 0.15) is 0 Å². The molecule has 3 nitrogen and oxygen atoms in total. The molecule has 18 heavy (non-hydrogen) atoms. The van der Waals surface area contributed by atoms with E-state index in [0.29, 0.717) is 10.7 Å². The maximum Gasteiger partial charge on any atom is 0.273 e. The lowest BCUT2D eigenvalue weighted by Crippen LogP contribution is -2.09. The third-order valence-electron chi connectivity index (χ3n) is 2.70. The Morgan fingerprint density at radius 3 is 2.61 bits per heavy atom. The highest BCUT2D eigenvalue weighted by Gasteiger charge is 2.05. The second-order valence-corrected chi connectivity index (χ2v) is 4.36. The van der Waals surface area contributed by atoms with Gasteiger partial charge in [0.1, 0.15) is 5.65 Å². The molecule has 88 valence electrons. The first-order chi connectivity index (χ1) is 8.74.